The molecular weight excluding hydrogens is 338 g/mol. The van der Waals surface area contributed by atoms with E-state index in [0.717, 1.165) is 0 Å². The molecular formula is C15H19NO3S3. The number of carbonyl (C=O) groups is 1. The smallest absolute Gasteiger partial charge is 0.253 e. The summed E-state index contributed by atoms with van der Waals surface area (Å²) < 4.78 is 23.6. The second kappa shape index (κ2) is 6.45. The predicted molar refractivity (Wildman–Crippen MR) is 93.3 cm³/mol. The Morgan fingerprint density at radius 2 is 1.82 bits per heavy atom. The maximum atomic E-state index is 12.5. The van der Waals surface area contributed by atoms with Crippen molar-refractivity contribution in [2.75, 3.05) is 30.1 Å². The van der Waals surface area contributed by atoms with Gasteiger partial charge in [0.25, 0.3) is 5.91 Å². The van der Waals surface area contributed by atoms with Crippen LogP contribution in [0.15, 0.2) is 24.3 Å². The molecule has 1 aromatic rings. The average Bonchev–Trinajstić information content (AvgIpc) is 3.15. The van der Waals surface area contributed by atoms with Gasteiger partial charge in [-0.15, -0.1) is 23.5 Å². The van der Waals surface area contributed by atoms with E-state index >= 15 is 0 Å². The zero-order chi connectivity index (χ0) is 15.7. The molecule has 0 spiro atoms. The van der Waals surface area contributed by atoms with Crippen LogP contribution in [0.2, 0.25) is 0 Å². The number of hydrogen-bond acceptors (Lipinski definition) is 5. The summed E-state index contributed by atoms with van der Waals surface area (Å²) in [5.74, 6) is 2.52. The molecule has 0 N–H and O–H groups in total. The van der Waals surface area contributed by atoms with E-state index in [-0.39, 0.29) is 23.5 Å². The Labute approximate surface area is 139 Å². The van der Waals surface area contributed by atoms with Crippen LogP contribution in [0.3, 0.4) is 0 Å². The lowest BCUT2D eigenvalue weighted by Crippen LogP contribution is -2.37. The van der Waals surface area contributed by atoms with Crippen molar-refractivity contribution in [1.82, 2.24) is 4.90 Å². The van der Waals surface area contributed by atoms with Crippen molar-refractivity contribution in [3.05, 3.63) is 35.4 Å². The van der Waals surface area contributed by atoms with Crippen molar-refractivity contribution in [2.45, 2.75) is 17.0 Å². The van der Waals surface area contributed by atoms with E-state index in [4.69, 9.17) is 0 Å². The van der Waals surface area contributed by atoms with Crippen LogP contribution in [0.5, 0.6) is 0 Å². The molecule has 2 aliphatic rings. The summed E-state index contributed by atoms with van der Waals surface area (Å²) >= 11 is 3.87. The van der Waals surface area contributed by atoms with Gasteiger partial charge < -0.3 is 4.90 Å². The third-order valence-electron chi connectivity index (χ3n) is 4.13. The quantitative estimate of drug-likeness (QED) is 0.832. The number of thioether (sulfide) groups is 2. The van der Waals surface area contributed by atoms with Crippen molar-refractivity contribution in [3.63, 3.8) is 0 Å². The van der Waals surface area contributed by atoms with Crippen LogP contribution in [0.25, 0.3) is 0 Å². The first kappa shape index (κ1) is 16.2. The molecule has 4 nitrogen and oxygen atoms in total. The zero-order valence-corrected chi connectivity index (χ0v) is 14.8. The molecule has 0 radical (unpaired) electrons. The van der Waals surface area contributed by atoms with Gasteiger partial charge in [0, 0.05) is 30.2 Å². The summed E-state index contributed by atoms with van der Waals surface area (Å²) in [5, 5.41) is 0. The number of hydrogen-bond donors (Lipinski definition) is 0. The Kier molecular flexibility index (Phi) is 4.75. The van der Waals surface area contributed by atoms with Crippen molar-refractivity contribution in [2.24, 2.45) is 0 Å². The van der Waals surface area contributed by atoms with E-state index in [1.54, 1.807) is 11.9 Å². The molecule has 22 heavy (non-hydrogen) atoms. The van der Waals surface area contributed by atoms with Crippen LogP contribution in [-0.2, 0) is 9.84 Å². The minimum atomic E-state index is -2.97. The third kappa shape index (κ3) is 3.46. The fraction of sp³-hybridized carbons (Fsp3) is 0.533. The van der Waals surface area contributed by atoms with Crippen LogP contribution in [0.1, 0.15) is 26.9 Å². The normalized spacial score (nSPS) is 24.5. The first-order chi connectivity index (χ1) is 10.5. The third-order valence-corrected chi connectivity index (χ3v) is 8.98. The molecule has 1 amide bonds. The van der Waals surface area contributed by atoms with Gasteiger partial charge in [0.2, 0.25) is 0 Å². The van der Waals surface area contributed by atoms with E-state index in [1.807, 2.05) is 47.8 Å². The second-order valence-corrected chi connectivity index (χ2v) is 10.6. The summed E-state index contributed by atoms with van der Waals surface area (Å²) in [6, 6.07) is 7.55. The summed E-state index contributed by atoms with van der Waals surface area (Å²) in [6.07, 6.45) is 0.540. The molecule has 120 valence electrons. The number of amides is 1. The minimum Gasteiger partial charge on any atom is -0.338 e. The highest BCUT2D eigenvalue weighted by molar-refractivity contribution is 8.19. The minimum absolute atomic E-state index is 0.0860. The standard InChI is InChI=1S/C15H19NO3S3/c1-16(13-6-9-22(18,19)10-13)14(17)11-2-4-12(5-3-11)15-20-7-8-21-15/h2-5,13,15H,6-10H2,1H3. The number of benzene rings is 1. The number of rotatable bonds is 3. The van der Waals surface area contributed by atoms with Gasteiger partial charge in [0.05, 0.1) is 16.1 Å². The zero-order valence-electron chi connectivity index (χ0n) is 12.4. The first-order valence-corrected chi connectivity index (χ1v) is 11.2. The van der Waals surface area contributed by atoms with Crippen LogP contribution in [-0.4, -0.2) is 55.3 Å². The van der Waals surface area contributed by atoms with Gasteiger partial charge in [0.15, 0.2) is 9.84 Å². The van der Waals surface area contributed by atoms with Crippen LogP contribution in [0.4, 0.5) is 0 Å². The fourth-order valence-corrected chi connectivity index (χ4v) is 7.42. The van der Waals surface area contributed by atoms with Crippen molar-refractivity contribution in [3.8, 4) is 0 Å². The van der Waals surface area contributed by atoms with Crippen molar-refractivity contribution >= 4 is 39.3 Å². The molecule has 7 heteroatoms. The average molecular weight is 358 g/mol. The topological polar surface area (TPSA) is 54.5 Å². The second-order valence-electron chi connectivity index (χ2n) is 5.67. The van der Waals surface area contributed by atoms with Gasteiger partial charge in [-0.3, -0.25) is 4.79 Å². The summed E-state index contributed by atoms with van der Waals surface area (Å²) in [4.78, 5) is 14.1. The van der Waals surface area contributed by atoms with Crippen LogP contribution >= 0.6 is 23.5 Å². The van der Waals surface area contributed by atoms with E-state index in [2.05, 4.69) is 0 Å². The molecule has 2 saturated heterocycles. The lowest BCUT2D eigenvalue weighted by molar-refractivity contribution is 0.0747. The van der Waals surface area contributed by atoms with E-state index in [0.29, 0.717) is 16.6 Å². The molecule has 3 rings (SSSR count). The molecule has 1 aromatic carbocycles. The van der Waals surface area contributed by atoms with Gasteiger partial charge in [-0.05, 0) is 24.1 Å². The molecule has 1 unspecified atom stereocenters. The SMILES string of the molecule is CN(C(=O)c1ccc(C2SCCS2)cc1)C1CCS(=O)(=O)C1. The van der Waals surface area contributed by atoms with E-state index in [1.165, 1.54) is 17.1 Å². The lowest BCUT2D eigenvalue weighted by Gasteiger charge is -2.23. The highest BCUT2D eigenvalue weighted by Crippen LogP contribution is 2.45. The van der Waals surface area contributed by atoms with Crippen LogP contribution in [0, 0.1) is 0 Å². The van der Waals surface area contributed by atoms with E-state index < -0.39 is 9.84 Å². The Morgan fingerprint density at radius 1 is 1.18 bits per heavy atom. The van der Waals surface area contributed by atoms with Gasteiger partial charge in [-0.25, -0.2) is 8.42 Å². The Morgan fingerprint density at radius 3 is 2.36 bits per heavy atom. The lowest BCUT2D eigenvalue weighted by atomic mass is 10.1. The van der Waals surface area contributed by atoms with Gasteiger partial charge >= 0.3 is 0 Å². The predicted octanol–water partition coefficient (Wildman–Crippen LogP) is 2.42. The maximum Gasteiger partial charge on any atom is 0.253 e. The molecule has 0 aliphatic carbocycles. The molecule has 2 fully saturated rings. The van der Waals surface area contributed by atoms with E-state index in [9.17, 15) is 13.2 Å². The van der Waals surface area contributed by atoms with Gasteiger partial charge in [0.1, 0.15) is 0 Å². The molecule has 2 aliphatic heterocycles. The maximum absolute atomic E-state index is 12.5. The van der Waals surface area contributed by atoms with Crippen molar-refractivity contribution < 1.29 is 13.2 Å². The Bertz CT molecular complexity index is 651. The molecule has 2 heterocycles. The largest absolute Gasteiger partial charge is 0.338 e. The van der Waals surface area contributed by atoms with Crippen LogP contribution < -0.4 is 0 Å². The summed E-state index contributed by atoms with van der Waals surface area (Å²) in [6.45, 7) is 0. The highest BCUT2D eigenvalue weighted by atomic mass is 32.2. The number of carbonyl (C=O) groups excluding carboxylic acids is 1. The van der Waals surface area contributed by atoms with Crippen molar-refractivity contribution in [1.29, 1.82) is 0 Å². The molecule has 0 bridgehead atoms. The first-order valence-electron chi connectivity index (χ1n) is 7.27. The fourth-order valence-electron chi connectivity index (χ4n) is 2.78. The number of sulfone groups is 1. The Balaban J connectivity index is 1.69. The van der Waals surface area contributed by atoms with Gasteiger partial charge in [-0.1, -0.05) is 12.1 Å². The molecule has 1 atom stereocenters. The van der Waals surface area contributed by atoms with Gasteiger partial charge in [-0.2, -0.15) is 0 Å². The summed E-state index contributed by atoms with van der Waals surface area (Å²) in [7, 11) is -1.27. The number of nitrogens with zero attached hydrogens (tertiary/aromatic N) is 1. The molecule has 0 aromatic heterocycles. The monoisotopic (exact) mass is 357 g/mol. The Hall–Kier alpha value is -0.660. The highest BCUT2D eigenvalue weighted by Gasteiger charge is 2.33. The summed E-state index contributed by atoms with van der Waals surface area (Å²) in [5.41, 5.74) is 1.87. The molecule has 0 saturated carbocycles.